The molecule has 1 amide bonds. The monoisotopic (exact) mass is 383 g/mol. The normalized spacial score (nSPS) is 14.5. The summed E-state index contributed by atoms with van der Waals surface area (Å²) in [5, 5.41) is 9.59. The second-order valence-electron chi connectivity index (χ2n) is 7.31. The highest BCUT2D eigenvalue weighted by Crippen LogP contribution is 2.22. The maximum Gasteiger partial charge on any atom is 0.256 e. The average Bonchev–Trinajstić information content (AvgIpc) is 3.27. The third kappa shape index (κ3) is 4.61. The number of carbonyl (C=O) groups is 1. The lowest BCUT2D eigenvalue weighted by Gasteiger charge is -2.21. The van der Waals surface area contributed by atoms with Gasteiger partial charge in [0.2, 0.25) is 0 Å². The highest BCUT2D eigenvalue weighted by molar-refractivity contribution is 6.02. The average molecular weight is 383 g/mol. The predicted molar refractivity (Wildman–Crippen MR) is 117 cm³/mol. The number of carbonyl (C=O) groups excluding carboxylic acids is 1. The molecule has 1 aliphatic rings. The van der Waals surface area contributed by atoms with E-state index >= 15 is 0 Å². The molecule has 0 bridgehead atoms. The van der Waals surface area contributed by atoms with Crippen LogP contribution < -0.4 is 5.32 Å². The van der Waals surface area contributed by atoms with E-state index in [4.69, 9.17) is 0 Å². The van der Waals surface area contributed by atoms with Crippen LogP contribution in [0.15, 0.2) is 90.0 Å². The molecule has 4 heteroatoms. The first-order valence-corrected chi connectivity index (χ1v) is 9.99. The van der Waals surface area contributed by atoms with Crippen molar-refractivity contribution in [3.63, 3.8) is 0 Å². The van der Waals surface area contributed by atoms with Crippen LogP contribution in [0.4, 0.5) is 0 Å². The Morgan fingerprint density at radius 2 is 1.55 bits per heavy atom. The summed E-state index contributed by atoms with van der Waals surface area (Å²) in [7, 11) is 0. The lowest BCUT2D eigenvalue weighted by Crippen LogP contribution is -2.36. The largest absolute Gasteiger partial charge is 0.298 e. The van der Waals surface area contributed by atoms with Crippen LogP contribution in [-0.2, 0) is 4.79 Å². The van der Waals surface area contributed by atoms with Crippen molar-refractivity contribution in [2.75, 3.05) is 13.1 Å². The zero-order chi connectivity index (χ0) is 20.1. The summed E-state index contributed by atoms with van der Waals surface area (Å²) in [6, 6.07) is 28.7. The Balaban J connectivity index is 1.47. The molecule has 4 rings (SSSR count). The van der Waals surface area contributed by atoms with E-state index in [0.29, 0.717) is 6.54 Å². The van der Waals surface area contributed by atoms with Crippen LogP contribution in [0.25, 0.3) is 0 Å². The number of benzene rings is 3. The molecule has 0 saturated heterocycles. The van der Waals surface area contributed by atoms with E-state index < -0.39 is 0 Å². The van der Waals surface area contributed by atoms with E-state index in [1.807, 2.05) is 48.5 Å². The van der Waals surface area contributed by atoms with Gasteiger partial charge in [0.15, 0.2) is 0 Å². The van der Waals surface area contributed by atoms with Crippen LogP contribution in [0, 0.1) is 6.92 Å². The zero-order valence-corrected chi connectivity index (χ0v) is 16.6. The molecule has 0 unspecified atom stereocenters. The minimum Gasteiger partial charge on any atom is -0.298 e. The molecule has 0 saturated carbocycles. The topological polar surface area (TPSA) is 44.7 Å². The third-order valence-electron chi connectivity index (χ3n) is 5.20. The molecular weight excluding hydrogens is 358 g/mol. The highest BCUT2D eigenvalue weighted by atomic mass is 16.2. The van der Waals surface area contributed by atoms with Crippen molar-refractivity contribution in [2.45, 2.75) is 19.4 Å². The van der Waals surface area contributed by atoms with Gasteiger partial charge in [0.05, 0.1) is 24.8 Å². The van der Waals surface area contributed by atoms with Crippen molar-refractivity contribution in [1.29, 1.82) is 0 Å². The molecule has 1 aliphatic heterocycles. The zero-order valence-electron chi connectivity index (χ0n) is 16.6. The first kappa shape index (κ1) is 19.1. The van der Waals surface area contributed by atoms with Crippen LogP contribution in [0.5, 0.6) is 0 Å². The van der Waals surface area contributed by atoms with Crippen molar-refractivity contribution in [3.05, 3.63) is 107 Å². The molecule has 29 heavy (non-hydrogen) atoms. The molecule has 1 N–H and O–H groups in total. The molecule has 0 fully saturated rings. The number of aryl methyl sites for hydroxylation is 1. The maximum absolute atomic E-state index is 12.8. The van der Waals surface area contributed by atoms with E-state index in [2.05, 4.69) is 53.7 Å². The van der Waals surface area contributed by atoms with Gasteiger partial charge in [-0.3, -0.25) is 10.1 Å². The molecule has 1 heterocycles. The fourth-order valence-electron chi connectivity index (χ4n) is 3.58. The number of hydrazone groups is 1. The van der Waals surface area contributed by atoms with Gasteiger partial charge in [0, 0.05) is 6.42 Å². The van der Waals surface area contributed by atoms with E-state index in [1.54, 1.807) is 5.01 Å². The molecule has 146 valence electrons. The van der Waals surface area contributed by atoms with Crippen LogP contribution in [-0.4, -0.2) is 29.7 Å². The van der Waals surface area contributed by atoms with Gasteiger partial charge in [0.25, 0.3) is 5.91 Å². The van der Waals surface area contributed by atoms with Gasteiger partial charge < -0.3 is 0 Å². The lowest BCUT2D eigenvalue weighted by molar-refractivity contribution is -0.129. The summed E-state index contributed by atoms with van der Waals surface area (Å²) in [6.45, 7) is 2.94. The van der Waals surface area contributed by atoms with E-state index in [1.165, 1.54) is 5.56 Å². The Morgan fingerprint density at radius 3 is 2.24 bits per heavy atom. The summed E-state index contributed by atoms with van der Waals surface area (Å²) in [5.74, 6) is -0.0102. The molecule has 3 aromatic carbocycles. The molecule has 0 aliphatic carbocycles. The number of hydrogen-bond donors (Lipinski definition) is 1. The van der Waals surface area contributed by atoms with E-state index in [-0.39, 0.29) is 18.5 Å². The minimum absolute atomic E-state index is 0.0102. The molecule has 1 atom stereocenters. The number of rotatable bonds is 6. The highest BCUT2D eigenvalue weighted by Gasteiger charge is 2.23. The number of amides is 1. The molecule has 0 aromatic heterocycles. The molecule has 3 aromatic rings. The van der Waals surface area contributed by atoms with Gasteiger partial charge in [-0.25, -0.2) is 5.01 Å². The Labute approximate surface area is 171 Å². The van der Waals surface area contributed by atoms with Crippen LogP contribution >= 0.6 is 0 Å². The van der Waals surface area contributed by atoms with Crippen molar-refractivity contribution in [3.8, 4) is 0 Å². The molecule has 0 radical (unpaired) electrons. The Morgan fingerprint density at radius 1 is 0.931 bits per heavy atom. The van der Waals surface area contributed by atoms with Gasteiger partial charge in [0.1, 0.15) is 0 Å². The smallest absolute Gasteiger partial charge is 0.256 e. The van der Waals surface area contributed by atoms with E-state index in [9.17, 15) is 4.79 Å². The van der Waals surface area contributed by atoms with Crippen molar-refractivity contribution >= 4 is 11.6 Å². The van der Waals surface area contributed by atoms with Gasteiger partial charge in [-0.2, -0.15) is 5.10 Å². The first-order valence-electron chi connectivity index (χ1n) is 9.99. The molecule has 4 nitrogen and oxygen atoms in total. The Hall–Kier alpha value is -3.24. The predicted octanol–water partition coefficient (Wildman–Crippen LogP) is 4.31. The van der Waals surface area contributed by atoms with Gasteiger partial charge in [-0.05, 0) is 23.6 Å². The van der Waals surface area contributed by atoms with Crippen molar-refractivity contribution < 1.29 is 4.79 Å². The van der Waals surface area contributed by atoms with Gasteiger partial charge in [-0.15, -0.1) is 0 Å². The second-order valence-corrected chi connectivity index (χ2v) is 7.31. The first-order chi connectivity index (χ1) is 14.2. The standard InChI is InChI=1S/C25H25N3O/c1-19-12-14-22(15-13-19)25(21-10-6-3-7-11-21)26-18-24(29)28-17-16-23(27-28)20-8-4-2-5-9-20/h2-15,25-26H,16-18H2,1H3/t25-/m1/s1. The van der Waals surface area contributed by atoms with Crippen LogP contribution in [0.1, 0.15) is 34.7 Å². The van der Waals surface area contributed by atoms with Gasteiger partial charge in [-0.1, -0.05) is 90.5 Å². The second kappa shape index (κ2) is 8.84. The number of hydrogen-bond acceptors (Lipinski definition) is 3. The van der Waals surface area contributed by atoms with Gasteiger partial charge >= 0.3 is 0 Å². The van der Waals surface area contributed by atoms with Crippen molar-refractivity contribution in [1.82, 2.24) is 10.3 Å². The lowest BCUT2D eigenvalue weighted by atomic mass is 9.98. The summed E-state index contributed by atoms with van der Waals surface area (Å²) < 4.78 is 0. The fraction of sp³-hybridized carbons (Fsp3) is 0.200. The molecule has 0 spiro atoms. The minimum atomic E-state index is -0.0408. The Bertz CT molecular complexity index is 982. The number of nitrogens with zero attached hydrogens (tertiary/aromatic N) is 2. The van der Waals surface area contributed by atoms with Crippen LogP contribution in [0.2, 0.25) is 0 Å². The number of nitrogens with one attached hydrogen (secondary N) is 1. The fourth-order valence-corrected chi connectivity index (χ4v) is 3.58. The SMILES string of the molecule is Cc1ccc([C@H](NCC(=O)N2CCC(c3ccccc3)=N2)c2ccccc2)cc1. The van der Waals surface area contributed by atoms with E-state index in [0.717, 1.165) is 28.8 Å². The Kier molecular flexibility index (Phi) is 5.82. The summed E-state index contributed by atoms with van der Waals surface area (Å²) in [5.41, 5.74) is 5.55. The summed E-state index contributed by atoms with van der Waals surface area (Å²) >= 11 is 0. The van der Waals surface area contributed by atoms with Crippen molar-refractivity contribution in [2.24, 2.45) is 5.10 Å². The quantitative estimate of drug-likeness (QED) is 0.689. The summed E-state index contributed by atoms with van der Waals surface area (Å²) in [6.07, 6.45) is 0.788. The summed E-state index contributed by atoms with van der Waals surface area (Å²) in [4.78, 5) is 12.8. The molecular formula is C25H25N3O. The maximum atomic E-state index is 12.8. The van der Waals surface area contributed by atoms with Crippen LogP contribution in [0.3, 0.4) is 0 Å². The third-order valence-corrected chi connectivity index (χ3v) is 5.20.